The van der Waals surface area contributed by atoms with Crippen molar-refractivity contribution >= 4 is 11.6 Å². The second kappa shape index (κ2) is 6.85. The Morgan fingerprint density at radius 2 is 1.81 bits per heavy atom. The number of halogens is 3. The van der Waals surface area contributed by atoms with Gasteiger partial charge in [-0.05, 0) is 36.8 Å². The smallest absolute Gasteiger partial charge is 0.164 e. The molecule has 21 heavy (non-hydrogen) atoms. The van der Waals surface area contributed by atoms with E-state index in [-0.39, 0.29) is 17.7 Å². The molecular weight excluding hydrogens is 298 g/mol. The van der Waals surface area contributed by atoms with Crippen molar-refractivity contribution in [3.8, 4) is 5.75 Å². The van der Waals surface area contributed by atoms with Crippen LogP contribution >= 0.6 is 11.6 Å². The zero-order chi connectivity index (χ0) is 15.4. The number of rotatable bonds is 5. The van der Waals surface area contributed by atoms with E-state index in [1.54, 1.807) is 24.3 Å². The Kier molecular flexibility index (Phi) is 5.12. The molecule has 0 radical (unpaired) electrons. The Bertz CT molecular complexity index is 620. The number of nitrogens with two attached hydrogens (primary N) is 1. The molecule has 112 valence electrons. The van der Waals surface area contributed by atoms with Gasteiger partial charge in [-0.1, -0.05) is 23.7 Å². The Labute approximate surface area is 126 Å². The zero-order valence-electron chi connectivity index (χ0n) is 11.4. The van der Waals surface area contributed by atoms with Crippen LogP contribution in [0.15, 0.2) is 36.4 Å². The van der Waals surface area contributed by atoms with E-state index in [0.717, 1.165) is 0 Å². The van der Waals surface area contributed by atoms with Gasteiger partial charge in [0.1, 0.15) is 12.4 Å². The molecule has 0 bridgehead atoms. The molecule has 0 aliphatic rings. The van der Waals surface area contributed by atoms with Crippen molar-refractivity contribution in [2.45, 2.75) is 13.0 Å². The van der Waals surface area contributed by atoms with Crippen LogP contribution in [-0.2, 0) is 0 Å². The van der Waals surface area contributed by atoms with Crippen molar-refractivity contribution in [3.63, 3.8) is 0 Å². The predicted molar refractivity (Wildman–Crippen MR) is 78.1 cm³/mol. The quantitative estimate of drug-likeness (QED) is 0.656. The fourth-order valence-electron chi connectivity index (χ4n) is 1.87. The first-order valence-electron chi connectivity index (χ1n) is 6.32. The highest BCUT2D eigenvalue weighted by Gasteiger charge is 2.19. The van der Waals surface area contributed by atoms with Crippen molar-refractivity contribution in [1.82, 2.24) is 5.43 Å². The number of hydrogen-bond acceptors (Lipinski definition) is 3. The lowest BCUT2D eigenvalue weighted by Crippen LogP contribution is -2.33. The van der Waals surface area contributed by atoms with Crippen LogP contribution in [0.2, 0.25) is 5.02 Å². The van der Waals surface area contributed by atoms with Gasteiger partial charge in [-0.25, -0.2) is 14.2 Å². The number of aryl methyl sites for hydroxylation is 1. The van der Waals surface area contributed by atoms with Crippen LogP contribution in [0.25, 0.3) is 0 Å². The van der Waals surface area contributed by atoms with Crippen LogP contribution in [0, 0.1) is 18.6 Å². The van der Waals surface area contributed by atoms with Gasteiger partial charge in [0.15, 0.2) is 11.6 Å². The number of ether oxygens (including phenoxy) is 1. The molecule has 0 fully saturated rings. The molecule has 2 aromatic rings. The van der Waals surface area contributed by atoms with Gasteiger partial charge in [0.2, 0.25) is 0 Å². The van der Waals surface area contributed by atoms with Crippen molar-refractivity contribution in [2.24, 2.45) is 5.84 Å². The van der Waals surface area contributed by atoms with E-state index in [1.807, 2.05) is 0 Å². The maximum atomic E-state index is 13.9. The summed E-state index contributed by atoms with van der Waals surface area (Å²) < 4.78 is 33.0. The molecule has 0 saturated heterocycles. The van der Waals surface area contributed by atoms with Gasteiger partial charge in [-0.15, -0.1) is 0 Å². The molecule has 0 aliphatic heterocycles. The zero-order valence-corrected chi connectivity index (χ0v) is 12.1. The standard InChI is InChI=1S/C15H15ClF2N2O/c1-9-2-7-12(15(18)14(9)17)13(20-19)8-21-11-5-3-10(16)4-6-11/h2-7,13,20H,8,19H2,1H3. The first kappa shape index (κ1) is 15.7. The SMILES string of the molecule is Cc1ccc(C(COc2ccc(Cl)cc2)NN)c(F)c1F. The van der Waals surface area contributed by atoms with Crippen LogP contribution in [0.1, 0.15) is 17.2 Å². The molecule has 0 amide bonds. The van der Waals surface area contributed by atoms with Crippen LogP contribution < -0.4 is 16.0 Å². The third kappa shape index (κ3) is 3.69. The number of hydrogen-bond donors (Lipinski definition) is 2. The highest BCUT2D eigenvalue weighted by molar-refractivity contribution is 6.30. The van der Waals surface area contributed by atoms with Crippen LogP contribution in [0.3, 0.4) is 0 Å². The lowest BCUT2D eigenvalue weighted by atomic mass is 10.0. The first-order chi connectivity index (χ1) is 10.0. The van der Waals surface area contributed by atoms with Crippen LogP contribution in [0.5, 0.6) is 5.75 Å². The number of benzene rings is 2. The molecule has 0 saturated carbocycles. The van der Waals surface area contributed by atoms with Crippen molar-refractivity contribution in [1.29, 1.82) is 0 Å². The minimum atomic E-state index is -0.919. The first-order valence-corrected chi connectivity index (χ1v) is 6.69. The molecule has 1 atom stereocenters. The Hall–Kier alpha value is -1.69. The maximum absolute atomic E-state index is 13.9. The molecule has 6 heteroatoms. The predicted octanol–water partition coefficient (Wildman–Crippen LogP) is 3.51. The molecule has 2 aromatic carbocycles. The van der Waals surface area contributed by atoms with Crippen LogP contribution in [0.4, 0.5) is 8.78 Å². The molecule has 0 spiro atoms. The lowest BCUT2D eigenvalue weighted by Gasteiger charge is -2.18. The minimum absolute atomic E-state index is 0.0531. The molecule has 0 heterocycles. The van der Waals surface area contributed by atoms with E-state index in [0.29, 0.717) is 10.8 Å². The maximum Gasteiger partial charge on any atom is 0.164 e. The monoisotopic (exact) mass is 312 g/mol. The molecule has 1 unspecified atom stereocenters. The average molecular weight is 313 g/mol. The van der Waals surface area contributed by atoms with E-state index in [1.165, 1.54) is 19.1 Å². The molecule has 3 nitrogen and oxygen atoms in total. The van der Waals surface area contributed by atoms with Gasteiger partial charge in [-0.2, -0.15) is 0 Å². The van der Waals surface area contributed by atoms with Crippen molar-refractivity contribution in [3.05, 3.63) is 64.2 Å². The summed E-state index contributed by atoms with van der Waals surface area (Å²) in [6, 6.07) is 9.03. The fraction of sp³-hybridized carbons (Fsp3) is 0.200. The largest absolute Gasteiger partial charge is 0.492 e. The fourth-order valence-corrected chi connectivity index (χ4v) is 1.99. The minimum Gasteiger partial charge on any atom is -0.492 e. The van der Waals surface area contributed by atoms with Gasteiger partial charge in [0, 0.05) is 10.6 Å². The van der Waals surface area contributed by atoms with E-state index in [9.17, 15) is 8.78 Å². The third-order valence-electron chi connectivity index (χ3n) is 3.11. The highest BCUT2D eigenvalue weighted by Crippen LogP contribution is 2.23. The molecular formula is C15H15ClF2N2O. The van der Waals surface area contributed by atoms with Crippen molar-refractivity contribution < 1.29 is 13.5 Å². The van der Waals surface area contributed by atoms with Crippen LogP contribution in [-0.4, -0.2) is 6.61 Å². The molecule has 2 rings (SSSR count). The molecule has 0 aromatic heterocycles. The Morgan fingerprint density at radius 3 is 2.43 bits per heavy atom. The summed E-state index contributed by atoms with van der Waals surface area (Å²) >= 11 is 5.77. The average Bonchev–Trinajstić information content (AvgIpc) is 2.49. The van der Waals surface area contributed by atoms with Gasteiger partial charge >= 0.3 is 0 Å². The van der Waals surface area contributed by atoms with Gasteiger partial charge in [-0.3, -0.25) is 5.84 Å². The van der Waals surface area contributed by atoms with Gasteiger partial charge < -0.3 is 4.74 Å². The topological polar surface area (TPSA) is 47.3 Å². The summed E-state index contributed by atoms with van der Waals surface area (Å²) in [6.07, 6.45) is 0. The number of nitrogens with one attached hydrogen (secondary N) is 1. The summed E-state index contributed by atoms with van der Waals surface area (Å²) in [5.74, 6) is 4.18. The van der Waals surface area contributed by atoms with Gasteiger partial charge in [0.25, 0.3) is 0 Å². The number of hydrazine groups is 1. The summed E-state index contributed by atoms with van der Waals surface area (Å²) in [6.45, 7) is 1.55. The third-order valence-corrected chi connectivity index (χ3v) is 3.36. The van der Waals surface area contributed by atoms with E-state index < -0.39 is 17.7 Å². The van der Waals surface area contributed by atoms with Crippen molar-refractivity contribution in [2.75, 3.05) is 6.61 Å². The van der Waals surface area contributed by atoms with E-state index >= 15 is 0 Å². The Balaban J connectivity index is 2.13. The Morgan fingerprint density at radius 1 is 1.14 bits per heavy atom. The highest BCUT2D eigenvalue weighted by atomic mass is 35.5. The summed E-state index contributed by atoms with van der Waals surface area (Å²) in [7, 11) is 0. The summed E-state index contributed by atoms with van der Waals surface area (Å²) in [4.78, 5) is 0. The summed E-state index contributed by atoms with van der Waals surface area (Å²) in [5.41, 5.74) is 2.79. The van der Waals surface area contributed by atoms with E-state index in [2.05, 4.69) is 5.43 Å². The second-order valence-corrected chi connectivity index (χ2v) is 5.02. The molecule has 0 aliphatic carbocycles. The van der Waals surface area contributed by atoms with E-state index in [4.69, 9.17) is 22.2 Å². The second-order valence-electron chi connectivity index (χ2n) is 4.58. The molecule has 3 N–H and O–H groups in total. The normalized spacial score (nSPS) is 12.2. The van der Waals surface area contributed by atoms with Gasteiger partial charge in [0.05, 0.1) is 6.04 Å². The summed E-state index contributed by atoms with van der Waals surface area (Å²) in [5, 5.41) is 0.586. The lowest BCUT2D eigenvalue weighted by molar-refractivity contribution is 0.263.